The molecular weight excluding hydrogens is 340 g/mol. The van der Waals surface area contributed by atoms with Gasteiger partial charge in [-0.15, -0.1) is 0 Å². The molecule has 5 heteroatoms. The van der Waals surface area contributed by atoms with Gasteiger partial charge >= 0.3 is 0 Å². The maximum Gasteiger partial charge on any atom is 0.252 e. The van der Waals surface area contributed by atoms with Gasteiger partial charge in [0.25, 0.3) is 5.91 Å². The fourth-order valence-electron chi connectivity index (χ4n) is 1.88. The molecule has 20 heavy (non-hydrogen) atoms. The van der Waals surface area contributed by atoms with Crippen LogP contribution in [-0.4, -0.2) is 10.9 Å². The molecule has 104 valence electrons. The lowest BCUT2D eigenvalue weighted by Gasteiger charge is -2.09. The first-order valence-corrected chi connectivity index (χ1v) is 7.45. The van der Waals surface area contributed by atoms with E-state index in [9.17, 15) is 4.79 Å². The third-order valence-electron chi connectivity index (χ3n) is 2.95. The zero-order chi connectivity index (χ0) is 14.5. The van der Waals surface area contributed by atoms with Crippen LogP contribution in [0.4, 0.5) is 0 Å². The standard InChI is InChI=1S/C15H14BrClN2O/c1-2-10-4-3-7-18-14(10)9-19-15(20)12-8-11(17)5-6-13(12)16/h3-8H,2,9H2,1H3,(H,19,20). The molecule has 1 amide bonds. The third-order valence-corrected chi connectivity index (χ3v) is 3.88. The number of nitrogens with zero attached hydrogens (tertiary/aromatic N) is 1. The molecule has 0 aliphatic rings. The van der Waals surface area contributed by atoms with Crippen LogP contribution in [0.25, 0.3) is 0 Å². The summed E-state index contributed by atoms with van der Waals surface area (Å²) in [5.74, 6) is -0.174. The summed E-state index contributed by atoms with van der Waals surface area (Å²) in [5, 5.41) is 3.40. The number of hydrogen-bond acceptors (Lipinski definition) is 2. The summed E-state index contributed by atoms with van der Waals surface area (Å²) in [6.45, 7) is 2.47. The Morgan fingerprint density at radius 1 is 1.40 bits per heavy atom. The zero-order valence-corrected chi connectivity index (χ0v) is 13.3. The van der Waals surface area contributed by atoms with E-state index in [2.05, 4.69) is 33.2 Å². The second-order valence-corrected chi connectivity index (χ2v) is 5.56. The van der Waals surface area contributed by atoms with E-state index < -0.39 is 0 Å². The van der Waals surface area contributed by atoms with Crippen molar-refractivity contribution in [2.24, 2.45) is 0 Å². The minimum absolute atomic E-state index is 0.174. The van der Waals surface area contributed by atoms with E-state index >= 15 is 0 Å². The van der Waals surface area contributed by atoms with E-state index in [1.54, 1.807) is 24.4 Å². The van der Waals surface area contributed by atoms with E-state index in [4.69, 9.17) is 11.6 Å². The molecule has 0 fully saturated rings. The largest absolute Gasteiger partial charge is 0.346 e. The third kappa shape index (κ3) is 3.58. The van der Waals surface area contributed by atoms with Gasteiger partial charge in [0.1, 0.15) is 0 Å². The first-order valence-electron chi connectivity index (χ1n) is 6.28. The molecule has 1 N–H and O–H groups in total. The van der Waals surface area contributed by atoms with Crippen molar-refractivity contribution >= 4 is 33.4 Å². The number of amides is 1. The molecule has 1 heterocycles. The van der Waals surface area contributed by atoms with Crippen LogP contribution in [0.3, 0.4) is 0 Å². The first kappa shape index (κ1) is 15.0. The van der Waals surface area contributed by atoms with Gasteiger partial charge in [-0.05, 0) is 52.2 Å². The van der Waals surface area contributed by atoms with Gasteiger partial charge in [-0.25, -0.2) is 0 Å². The van der Waals surface area contributed by atoms with Gasteiger partial charge in [0.2, 0.25) is 0 Å². The van der Waals surface area contributed by atoms with E-state index in [-0.39, 0.29) is 5.91 Å². The minimum Gasteiger partial charge on any atom is -0.346 e. The normalized spacial score (nSPS) is 10.3. The number of nitrogens with one attached hydrogen (secondary N) is 1. The summed E-state index contributed by atoms with van der Waals surface area (Å²) in [5.41, 5.74) is 2.55. The topological polar surface area (TPSA) is 42.0 Å². The summed E-state index contributed by atoms with van der Waals surface area (Å²) in [6, 6.07) is 9.05. The van der Waals surface area contributed by atoms with E-state index in [1.807, 2.05) is 12.1 Å². The Balaban J connectivity index is 2.11. The van der Waals surface area contributed by atoms with Gasteiger partial charge in [0, 0.05) is 15.7 Å². The summed E-state index contributed by atoms with van der Waals surface area (Å²) in [7, 11) is 0. The van der Waals surface area contributed by atoms with E-state index in [1.165, 1.54) is 0 Å². The zero-order valence-electron chi connectivity index (χ0n) is 11.0. The average molecular weight is 354 g/mol. The molecule has 0 unspecified atom stereocenters. The number of carbonyl (C=O) groups is 1. The predicted octanol–water partition coefficient (Wildman–Crippen LogP) is 3.99. The molecule has 0 bridgehead atoms. The maximum atomic E-state index is 12.2. The van der Waals surface area contributed by atoms with Gasteiger partial charge in [-0.2, -0.15) is 0 Å². The average Bonchev–Trinajstić information content (AvgIpc) is 2.47. The van der Waals surface area contributed by atoms with Crippen molar-refractivity contribution < 1.29 is 4.79 Å². The molecule has 0 saturated carbocycles. The Kier molecular flexibility index (Phi) is 5.15. The Hall–Kier alpha value is -1.39. The Labute approximate surface area is 131 Å². The second-order valence-electron chi connectivity index (χ2n) is 4.27. The van der Waals surface area contributed by atoms with Gasteiger partial charge in [0.15, 0.2) is 0 Å². The van der Waals surface area contributed by atoms with Crippen molar-refractivity contribution in [1.82, 2.24) is 10.3 Å². The number of aryl methyl sites for hydroxylation is 1. The molecule has 3 nitrogen and oxygen atoms in total. The molecule has 0 aliphatic carbocycles. The fourth-order valence-corrected chi connectivity index (χ4v) is 2.48. The summed E-state index contributed by atoms with van der Waals surface area (Å²) in [6.07, 6.45) is 2.62. The lowest BCUT2D eigenvalue weighted by atomic mass is 10.1. The highest BCUT2D eigenvalue weighted by atomic mass is 79.9. The Bertz CT molecular complexity index is 631. The number of hydrogen-bond donors (Lipinski definition) is 1. The molecule has 1 aromatic carbocycles. The number of aromatic nitrogens is 1. The number of pyridine rings is 1. The van der Waals surface area contributed by atoms with Crippen LogP contribution in [-0.2, 0) is 13.0 Å². The quantitative estimate of drug-likeness (QED) is 0.903. The summed E-state index contributed by atoms with van der Waals surface area (Å²) in [4.78, 5) is 16.5. The number of carbonyl (C=O) groups excluding carboxylic acids is 1. The molecule has 1 aromatic heterocycles. The summed E-state index contributed by atoms with van der Waals surface area (Å²) >= 11 is 9.26. The van der Waals surface area contributed by atoms with E-state index in [0.29, 0.717) is 17.1 Å². The molecule has 0 spiro atoms. The fraction of sp³-hybridized carbons (Fsp3) is 0.200. The van der Waals surface area contributed by atoms with Crippen LogP contribution in [0.2, 0.25) is 5.02 Å². The van der Waals surface area contributed by atoms with Crippen molar-refractivity contribution in [3.05, 3.63) is 62.8 Å². The first-order chi connectivity index (χ1) is 9.61. The Morgan fingerprint density at radius 3 is 2.95 bits per heavy atom. The Morgan fingerprint density at radius 2 is 2.20 bits per heavy atom. The molecule has 2 aromatic rings. The monoisotopic (exact) mass is 352 g/mol. The molecule has 0 aliphatic heterocycles. The van der Waals surface area contributed by atoms with Crippen LogP contribution in [0.5, 0.6) is 0 Å². The van der Waals surface area contributed by atoms with Gasteiger partial charge in [-0.1, -0.05) is 24.6 Å². The molecule has 0 saturated heterocycles. The van der Waals surface area contributed by atoms with Crippen molar-refractivity contribution in [2.75, 3.05) is 0 Å². The lowest BCUT2D eigenvalue weighted by Crippen LogP contribution is -2.24. The van der Waals surface area contributed by atoms with Crippen LogP contribution in [0, 0.1) is 0 Å². The number of halogens is 2. The highest BCUT2D eigenvalue weighted by molar-refractivity contribution is 9.10. The van der Waals surface area contributed by atoms with Crippen LogP contribution in [0.15, 0.2) is 41.0 Å². The van der Waals surface area contributed by atoms with Crippen molar-refractivity contribution in [1.29, 1.82) is 0 Å². The van der Waals surface area contributed by atoms with Gasteiger partial charge in [-0.3, -0.25) is 9.78 Å². The minimum atomic E-state index is -0.174. The smallest absolute Gasteiger partial charge is 0.252 e. The second kappa shape index (κ2) is 6.86. The number of rotatable bonds is 4. The van der Waals surface area contributed by atoms with Gasteiger partial charge in [0.05, 0.1) is 17.8 Å². The molecule has 0 radical (unpaired) electrons. The van der Waals surface area contributed by atoms with Crippen LogP contribution >= 0.6 is 27.5 Å². The van der Waals surface area contributed by atoms with Crippen molar-refractivity contribution in [3.63, 3.8) is 0 Å². The predicted molar refractivity (Wildman–Crippen MR) is 83.9 cm³/mol. The van der Waals surface area contributed by atoms with Crippen molar-refractivity contribution in [3.8, 4) is 0 Å². The highest BCUT2D eigenvalue weighted by Gasteiger charge is 2.11. The molecule has 0 atom stereocenters. The van der Waals surface area contributed by atoms with Gasteiger partial charge < -0.3 is 5.32 Å². The molecule has 2 rings (SSSR count). The van der Waals surface area contributed by atoms with Crippen LogP contribution < -0.4 is 5.32 Å². The lowest BCUT2D eigenvalue weighted by molar-refractivity contribution is 0.0949. The SMILES string of the molecule is CCc1cccnc1CNC(=O)c1cc(Cl)ccc1Br. The molecular formula is C15H14BrClN2O. The number of benzene rings is 1. The van der Waals surface area contributed by atoms with Crippen molar-refractivity contribution in [2.45, 2.75) is 19.9 Å². The van der Waals surface area contributed by atoms with Crippen LogP contribution in [0.1, 0.15) is 28.5 Å². The highest BCUT2D eigenvalue weighted by Crippen LogP contribution is 2.21. The van der Waals surface area contributed by atoms with E-state index in [0.717, 1.165) is 22.2 Å². The summed E-state index contributed by atoms with van der Waals surface area (Å²) < 4.78 is 0.719. The maximum absolute atomic E-state index is 12.2.